The number of nitrogens with zero attached hydrogens (tertiary/aromatic N) is 1. The van der Waals surface area contributed by atoms with Crippen LogP contribution >= 0.6 is 0 Å². The normalized spacial score (nSPS) is 14.1. The minimum atomic E-state index is -0.899. The SMILES string of the molecule is CC/C=C/C/C=C/C/C=C/CCCC(=O)OC(COCCC(C(=O)O)[N+](C)(C)C)COC(=O)C/C=C/C/C=C/C/C=C/CC. The molecule has 1 N–H and O–H groups in total. The van der Waals surface area contributed by atoms with Crippen LogP contribution in [-0.4, -0.2) is 80.6 Å². The van der Waals surface area contributed by atoms with E-state index < -0.39 is 24.1 Å². The van der Waals surface area contributed by atoms with Gasteiger partial charge in [-0.3, -0.25) is 9.59 Å². The van der Waals surface area contributed by atoms with Crippen LogP contribution in [0.2, 0.25) is 0 Å². The average Bonchev–Trinajstić information content (AvgIpc) is 2.96. The number of rotatable bonds is 26. The van der Waals surface area contributed by atoms with Crippen molar-refractivity contribution in [2.24, 2.45) is 0 Å². The van der Waals surface area contributed by atoms with Crippen molar-refractivity contribution >= 4 is 17.9 Å². The summed E-state index contributed by atoms with van der Waals surface area (Å²) in [6.07, 6.45) is 31.5. The number of ether oxygens (including phenoxy) is 3. The summed E-state index contributed by atoms with van der Waals surface area (Å²) in [5.41, 5.74) is 0. The molecule has 0 aliphatic heterocycles. The molecule has 2 unspecified atom stereocenters. The number of hydrogen-bond acceptors (Lipinski definition) is 6. The largest absolute Gasteiger partial charge is 0.477 e. The molecule has 0 heterocycles. The Bertz CT molecular complexity index is 954. The molecule has 0 aliphatic rings. The van der Waals surface area contributed by atoms with Gasteiger partial charge < -0.3 is 23.8 Å². The standard InChI is InChI=1S/C36H57NO7/c1-6-8-10-12-14-16-17-19-21-23-25-27-35(39)44-32(30-42-29-28-33(36(40)41)37(3,4)5)31-43-34(38)26-24-22-20-18-15-13-11-9-7-2/h8-11,14-16,18-19,21-22,24,32-33H,6-7,12-13,17,20,23,25-31H2,1-5H3/p+1/b10-8+,11-9+,16-14+,18-15+,21-19+,24-22+. The predicted molar refractivity (Wildman–Crippen MR) is 178 cm³/mol. The van der Waals surface area contributed by atoms with Gasteiger partial charge in [0.1, 0.15) is 6.61 Å². The van der Waals surface area contributed by atoms with Crippen molar-refractivity contribution < 1.29 is 38.2 Å². The first kappa shape index (κ1) is 40.8. The molecule has 248 valence electrons. The van der Waals surface area contributed by atoms with Crippen molar-refractivity contribution in [1.82, 2.24) is 0 Å². The van der Waals surface area contributed by atoms with Gasteiger partial charge in [0.05, 0.1) is 40.8 Å². The summed E-state index contributed by atoms with van der Waals surface area (Å²) >= 11 is 0. The third-order valence-corrected chi connectivity index (χ3v) is 6.38. The zero-order valence-corrected chi connectivity index (χ0v) is 27.8. The number of carboxylic acid groups (broad SMARTS) is 1. The number of quaternary nitrogens is 1. The number of allylic oxidation sites excluding steroid dienone is 11. The lowest BCUT2D eigenvalue weighted by molar-refractivity contribution is -0.887. The Morgan fingerprint density at radius 3 is 1.75 bits per heavy atom. The minimum Gasteiger partial charge on any atom is -0.477 e. The van der Waals surface area contributed by atoms with Crippen molar-refractivity contribution in [2.75, 3.05) is 41.0 Å². The van der Waals surface area contributed by atoms with E-state index >= 15 is 0 Å². The highest BCUT2D eigenvalue weighted by Gasteiger charge is 2.31. The molecule has 0 aliphatic carbocycles. The van der Waals surface area contributed by atoms with E-state index in [1.807, 2.05) is 33.3 Å². The van der Waals surface area contributed by atoms with Crippen LogP contribution in [0.1, 0.15) is 84.5 Å². The molecule has 2 atom stereocenters. The lowest BCUT2D eigenvalue weighted by atomic mass is 10.1. The first-order valence-electron chi connectivity index (χ1n) is 16.0. The highest BCUT2D eigenvalue weighted by Crippen LogP contribution is 2.10. The van der Waals surface area contributed by atoms with Gasteiger partial charge in [-0.1, -0.05) is 86.8 Å². The Morgan fingerprint density at radius 1 is 0.705 bits per heavy atom. The van der Waals surface area contributed by atoms with Crippen molar-refractivity contribution in [3.8, 4) is 0 Å². The van der Waals surface area contributed by atoms with Gasteiger partial charge in [0.2, 0.25) is 0 Å². The van der Waals surface area contributed by atoms with Gasteiger partial charge in [0.15, 0.2) is 12.1 Å². The van der Waals surface area contributed by atoms with Crippen LogP contribution in [0.3, 0.4) is 0 Å². The molecule has 0 fully saturated rings. The second-order valence-corrected chi connectivity index (χ2v) is 11.3. The molecular weight excluding hydrogens is 558 g/mol. The maximum absolute atomic E-state index is 12.5. The topological polar surface area (TPSA) is 99.1 Å². The van der Waals surface area contributed by atoms with E-state index in [-0.39, 0.29) is 43.1 Å². The van der Waals surface area contributed by atoms with E-state index in [1.165, 1.54) is 0 Å². The number of carbonyl (C=O) groups is 3. The molecule has 0 radical (unpaired) electrons. The van der Waals surface area contributed by atoms with Gasteiger partial charge in [-0.15, -0.1) is 0 Å². The minimum absolute atomic E-state index is 0.00922. The maximum Gasteiger partial charge on any atom is 0.362 e. The molecule has 0 rings (SSSR count). The van der Waals surface area contributed by atoms with E-state index in [0.29, 0.717) is 12.8 Å². The van der Waals surface area contributed by atoms with Crippen molar-refractivity contribution in [1.29, 1.82) is 0 Å². The van der Waals surface area contributed by atoms with Gasteiger partial charge in [0, 0.05) is 12.8 Å². The summed E-state index contributed by atoms with van der Waals surface area (Å²) < 4.78 is 16.9. The molecule has 8 heteroatoms. The monoisotopic (exact) mass is 616 g/mol. The van der Waals surface area contributed by atoms with Crippen molar-refractivity contribution in [3.63, 3.8) is 0 Å². The summed E-state index contributed by atoms with van der Waals surface area (Å²) in [6, 6.07) is -0.635. The molecule has 0 bridgehead atoms. The van der Waals surface area contributed by atoms with Crippen LogP contribution < -0.4 is 0 Å². The van der Waals surface area contributed by atoms with Crippen LogP contribution in [0.25, 0.3) is 0 Å². The summed E-state index contributed by atoms with van der Waals surface area (Å²) in [5, 5.41) is 9.53. The van der Waals surface area contributed by atoms with Gasteiger partial charge in [-0.25, -0.2) is 4.79 Å². The van der Waals surface area contributed by atoms with Crippen LogP contribution in [0.15, 0.2) is 72.9 Å². The summed E-state index contributed by atoms with van der Waals surface area (Å²) in [6.45, 7) is 4.27. The Morgan fingerprint density at radius 2 is 1.23 bits per heavy atom. The van der Waals surface area contributed by atoms with E-state index in [1.54, 1.807) is 6.08 Å². The van der Waals surface area contributed by atoms with Crippen LogP contribution in [0, 0.1) is 0 Å². The predicted octanol–water partition coefficient (Wildman–Crippen LogP) is 7.29. The number of esters is 2. The lowest BCUT2D eigenvalue weighted by Crippen LogP contribution is -2.50. The highest BCUT2D eigenvalue weighted by atomic mass is 16.6. The molecule has 0 spiro atoms. The molecule has 0 aromatic carbocycles. The van der Waals surface area contributed by atoms with Gasteiger partial charge >= 0.3 is 17.9 Å². The molecule has 0 saturated carbocycles. The van der Waals surface area contributed by atoms with E-state index in [2.05, 4.69) is 68.5 Å². The number of hydrogen-bond donors (Lipinski definition) is 1. The average molecular weight is 617 g/mol. The number of carboxylic acids is 1. The zero-order chi connectivity index (χ0) is 32.9. The Hall–Kier alpha value is -3.23. The maximum atomic E-state index is 12.5. The first-order valence-corrected chi connectivity index (χ1v) is 16.0. The van der Waals surface area contributed by atoms with Gasteiger partial charge in [-0.2, -0.15) is 0 Å². The Kier molecular flexibility index (Phi) is 25.3. The van der Waals surface area contributed by atoms with Gasteiger partial charge in [0.25, 0.3) is 0 Å². The quantitative estimate of drug-likeness (QED) is 0.0472. The second kappa shape index (κ2) is 27.3. The molecule has 0 amide bonds. The van der Waals surface area contributed by atoms with Crippen LogP contribution in [-0.2, 0) is 28.6 Å². The smallest absolute Gasteiger partial charge is 0.362 e. The van der Waals surface area contributed by atoms with Gasteiger partial charge in [-0.05, 0) is 51.4 Å². The first-order chi connectivity index (χ1) is 21.1. The van der Waals surface area contributed by atoms with E-state index in [9.17, 15) is 19.5 Å². The highest BCUT2D eigenvalue weighted by molar-refractivity contribution is 5.72. The number of likely N-dealkylation sites (N-methyl/N-ethyl adjacent to an activating group) is 1. The van der Waals surface area contributed by atoms with E-state index in [4.69, 9.17) is 14.2 Å². The number of carbonyl (C=O) groups excluding carboxylic acids is 2. The third-order valence-electron chi connectivity index (χ3n) is 6.38. The van der Waals surface area contributed by atoms with Crippen LogP contribution in [0.5, 0.6) is 0 Å². The molecule has 0 aromatic heterocycles. The fourth-order valence-corrected chi connectivity index (χ4v) is 3.94. The lowest BCUT2D eigenvalue weighted by Gasteiger charge is -2.31. The van der Waals surface area contributed by atoms with E-state index in [0.717, 1.165) is 44.9 Å². The fourth-order valence-electron chi connectivity index (χ4n) is 3.94. The Balaban J connectivity index is 4.73. The number of unbranched alkanes of at least 4 members (excludes halogenated alkanes) is 1. The van der Waals surface area contributed by atoms with Crippen molar-refractivity contribution in [2.45, 2.75) is 96.6 Å². The third kappa shape index (κ3) is 25.3. The Labute approximate surface area is 266 Å². The molecule has 0 aromatic rings. The summed E-state index contributed by atoms with van der Waals surface area (Å²) in [5.74, 6) is -1.71. The molecule has 44 heavy (non-hydrogen) atoms. The fraction of sp³-hybridized carbons (Fsp3) is 0.583. The second-order valence-electron chi connectivity index (χ2n) is 11.3. The molecular formula is C36H58NO7+. The van der Waals surface area contributed by atoms with Crippen LogP contribution in [0.4, 0.5) is 0 Å². The molecule has 8 nitrogen and oxygen atoms in total. The van der Waals surface area contributed by atoms with Crippen molar-refractivity contribution in [3.05, 3.63) is 72.9 Å². The number of aliphatic carboxylic acids is 1. The molecule has 0 saturated heterocycles. The zero-order valence-electron chi connectivity index (χ0n) is 27.8. The summed E-state index contributed by atoms with van der Waals surface area (Å²) in [7, 11) is 5.45. The summed E-state index contributed by atoms with van der Waals surface area (Å²) in [4.78, 5) is 36.4.